The van der Waals surface area contributed by atoms with Crippen molar-refractivity contribution in [2.75, 3.05) is 18.8 Å². The lowest BCUT2D eigenvalue weighted by atomic mass is 10.1. The highest BCUT2D eigenvalue weighted by Gasteiger charge is 2.26. The predicted octanol–water partition coefficient (Wildman–Crippen LogP) is 5.10. The molecular formula is C21H23N3OS2. The fourth-order valence-electron chi connectivity index (χ4n) is 3.21. The lowest BCUT2D eigenvalue weighted by molar-refractivity contribution is -0.128. The van der Waals surface area contributed by atoms with Crippen LogP contribution in [0.5, 0.6) is 0 Å². The molecule has 1 saturated carbocycles. The summed E-state index contributed by atoms with van der Waals surface area (Å²) in [5, 5.41) is 4.10. The molecule has 0 N–H and O–H groups in total. The van der Waals surface area contributed by atoms with Gasteiger partial charge in [-0.3, -0.25) is 4.79 Å². The summed E-state index contributed by atoms with van der Waals surface area (Å²) in [5.74, 6) is 1.37. The smallest absolute Gasteiger partial charge is 0.232 e. The molecule has 0 bridgehead atoms. The first kappa shape index (κ1) is 18.4. The van der Waals surface area contributed by atoms with Crippen LogP contribution >= 0.6 is 23.1 Å². The van der Waals surface area contributed by atoms with Gasteiger partial charge in [-0.1, -0.05) is 49.0 Å². The van der Waals surface area contributed by atoms with E-state index < -0.39 is 0 Å². The quantitative estimate of drug-likeness (QED) is 0.392. The number of carbonyl (C=O) groups is 1. The topological polar surface area (TPSA) is 46.1 Å². The van der Waals surface area contributed by atoms with Crippen molar-refractivity contribution >= 4 is 39.2 Å². The SMILES string of the molecule is CCCN(CC1CC1)C(=O)CSc1ncnc2scc(-c3ccccc3)c12. The van der Waals surface area contributed by atoms with Gasteiger partial charge in [0.2, 0.25) is 5.91 Å². The van der Waals surface area contributed by atoms with Gasteiger partial charge in [0.1, 0.15) is 16.2 Å². The molecule has 0 atom stereocenters. The Kier molecular flexibility index (Phi) is 5.74. The van der Waals surface area contributed by atoms with E-state index in [1.54, 1.807) is 17.7 Å². The van der Waals surface area contributed by atoms with E-state index in [4.69, 9.17) is 0 Å². The number of benzene rings is 1. The van der Waals surface area contributed by atoms with E-state index in [0.717, 1.165) is 51.8 Å². The molecule has 0 aliphatic heterocycles. The summed E-state index contributed by atoms with van der Waals surface area (Å²) in [5.41, 5.74) is 2.31. The molecule has 4 rings (SSSR count). The zero-order chi connectivity index (χ0) is 18.6. The van der Waals surface area contributed by atoms with Gasteiger partial charge in [0, 0.05) is 24.0 Å². The van der Waals surface area contributed by atoms with Crippen LogP contribution in [0.25, 0.3) is 21.3 Å². The maximum atomic E-state index is 12.8. The van der Waals surface area contributed by atoms with Crippen LogP contribution in [-0.4, -0.2) is 39.6 Å². The lowest BCUT2D eigenvalue weighted by Gasteiger charge is -2.21. The van der Waals surface area contributed by atoms with Gasteiger partial charge in [0.15, 0.2) is 0 Å². The number of thioether (sulfide) groups is 1. The van der Waals surface area contributed by atoms with Crippen LogP contribution in [0.15, 0.2) is 47.1 Å². The lowest BCUT2D eigenvalue weighted by Crippen LogP contribution is -2.34. The van der Waals surface area contributed by atoms with Gasteiger partial charge >= 0.3 is 0 Å². The zero-order valence-corrected chi connectivity index (χ0v) is 17.1. The number of rotatable bonds is 8. The maximum Gasteiger partial charge on any atom is 0.232 e. The summed E-state index contributed by atoms with van der Waals surface area (Å²) in [7, 11) is 0. The number of hydrogen-bond acceptors (Lipinski definition) is 5. The number of thiophene rings is 1. The fourth-order valence-corrected chi connectivity index (χ4v) is 5.10. The highest BCUT2D eigenvalue weighted by Crippen LogP contribution is 2.38. The molecule has 1 aromatic carbocycles. The Morgan fingerprint density at radius 1 is 1.26 bits per heavy atom. The Labute approximate surface area is 168 Å². The van der Waals surface area contributed by atoms with Crippen molar-refractivity contribution in [2.24, 2.45) is 5.92 Å². The van der Waals surface area contributed by atoms with E-state index >= 15 is 0 Å². The molecular weight excluding hydrogens is 374 g/mol. The molecule has 0 saturated heterocycles. The van der Waals surface area contributed by atoms with Gasteiger partial charge in [-0.05, 0) is 30.7 Å². The molecule has 1 amide bonds. The van der Waals surface area contributed by atoms with E-state index in [2.05, 4.69) is 34.4 Å². The maximum absolute atomic E-state index is 12.8. The Morgan fingerprint density at radius 3 is 2.81 bits per heavy atom. The summed E-state index contributed by atoms with van der Waals surface area (Å²) >= 11 is 3.17. The minimum absolute atomic E-state index is 0.219. The molecule has 3 aromatic rings. The summed E-state index contributed by atoms with van der Waals surface area (Å²) < 4.78 is 0. The Balaban J connectivity index is 1.55. The molecule has 6 heteroatoms. The van der Waals surface area contributed by atoms with Crippen LogP contribution in [-0.2, 0) is 4.79 Å². The highest BCUT2D eigenvalue weighted by molar-refractivity contribution is 8.00. The summed E-state index contributed by atoms with van der Waals surface area (Å²) in [4.78, 5) is 24.7. The second kappa shape index (κ2) is 8.40. The number of carbonyl (C=O) groups excluding carboxylic acids is 1. The molecule has 2 heterocycles. The van der Waals surface area contributed by atoms with Crippen molar-refractivity contribution < 1.29 is 4.79 Å². The van der Waals surface area contributed by atoms with Crippen molar-refractivity contribution in [3.05, 3.63) is 42.0 Å². The van der Waals surface area contributed by atoms with Gasteiger partial charge in [-0.25, -0.2) is 9.97 Å². The van der Waals surface area contributed by atoms with Crippen LogP contribution in [0.3, 0.4) is 0 Å². The average molecular weight is 398 g/mol. The van der Waals surface area contributed by atoms with Crippen molar-refractivity contribution in [1.82, 2.24) is 14.9 Å². The number of amides is 1. The van der Waals surface area contributed by atoms with Crippen LogP contribution < -0.4 is 0 Å². The van der Waals surface area contributed by atoms with Crippen LogP contribution in [0, 0.1) is 5.92 Å². The monoisotopic (exact) mass is 397 g/mol. The van der Waals surface area contributed by atoms with E-state index in [-0.39, 0.29) is 5.91 Å². The molecule has 140 valence electrons. The molecule has 2 aromatic heterocycles. The molecule has 1 aliphatic carbocycles. The Bertz CT molecular complexity index is 922. The predicted molar refractivity (Wildman–Crippen MR) is 113 cm³/mol. The second-order valence-electron chi connectivity index (χ2n) is 6.95. The van der Waals surface area contributed by atoms with Gasteiger partial charge in [0.25, 0.3) is 0 Å². The largest absolute Gasteiger partial charge is 0.342 e. The van der Waals surface area contributed by atoms with Crippen molar-refractivity contribution in [3.63, 3.8) is 0 Å². The van der Waals surface area contributed by atoms with Gasteiger partial charge in [-0.2, -0.15) is 0 Å². The molecule has 0 radical (unpaired) electrons. The Morgan fingerprint density at radius 2 is 2.07 bits per heavy atom. The molecule has 0 unspecified atom stereocenters. The van der Waals surface area contributed by atoms with Crippen LogP contribution in [0.2, 0.25) is 0 Å². The van der Waals surface area contributed by atoms with E-state index in [1.165, 1.54) is 24.6 Å². The molecule has 0 spiro atoms. The molecule has 1 aliphatic rings. The number of hydrogen-bond donors (Lipinski definition) is 0. The number of nitrogens with zero attached hydrogens (tertiary/aromatic N) is 3. The normalized spacial score (nSPS) is 13.8. The first-order valence-corrected chi connectivity index (χ1v) is 11.3. The summed E-state index contributed by atoms with van der Waals surface area (Å²) in [6.45, 7) is 3.90. The molecule has 27 heavy (non-hydrogen) atoms. The van der Waals surface area contributed by atoms with Crippen molar-refractivity contribution in [3.8, 4) is 11.1 Å². The third kappa shape index (κ3) is 4.33. The number of aromatic nitrogens is 2. The van der Waals surface area contributed by atoms with E-state index in [0.29, 0.717) is 5.75 Å². The zero-order valence-electron chi connectivity index (χ0n) is 15.4. The van der Waals surface area contributed by atoms with E-state index in [1.807, 2.05) is 23.1 Å². The van der Waals surface area contributed by atoms with Crippen LogP contribution in [0.4, 0.5) is 0 Å². The summed E-state index contributed by atoms with van der Waals surface area (Å²) in [6.07, 6.45) is 5.14. The standard InChI is InChI=1S/C21H23N3OS2/c1-2-10-24(11-15-8-9-15)18(25)13-27-21-19-17(16-6-4-3-5-7-16)12-26-20(19)22-14-23-21/h3-7,12,14-15H,2,8-11,13H2,1H3. The highest BCUT2D eigenvalue weighted by atomic mass is 32.2. The number of fused-ring (bicyclic) bond motifs is 1. The van der Waals surface area contributed by atoms with Crippen LogP contribution in [0.1, 0.15) is 26.2 Å². The van der Waals surface area contributed by atoms with Crippen molar-refractivity contribution in [2.45, 2.75) is 31.2 Å². The van der Waals surface area contributed by atoms with Gasteiger partial charge in [-0.15, -0.1) is 11.3 Å². The summed E-state index contributed by atoms with van der Waals surface area (Å²) in [6, 6.07) is 10.3. The minimum Gasteiger partial charge on any atom is -0.342 e. The minimum atomic E-state index is 0.219. The molecule has 1 fully saturated rings. The first-order valence-electron chi connectivity index (χ1n) is 9.44. The average Bonchev–Trinajstić information content (AvgIpc) is 3.41. The fraction of sp³-hybridized carbons (Fsp3) is 0.381. The molecule has 4 nitrogen and oxygen atoms in total. The third-order valence-corrected chi connectivity index (χ3v) is 6.63. The third-order valence-electron chi connectivity index (χ3n) is 4.77. The first-order chi connectivity index (χ1) is 13.3. The second-order valence-corrected chi connectivity index (χ2v) is 8.77. The Hall–Kier alpha value is -1.92. The van der Waals surface area contributed by atoms with E-state index in [9.17, 15) is 4.79 Å². The van der Waals surface area contributed by atoms with Gasteiger partial charge < -0.3 is 4.90 Å². The van der Waals surface area contributed by atoms with Gasteiger partial charge in [0.05, 0.1) is 11.1 Å². The van der Waals surface area contributed by atoms with Crippen molar-refractivity contribution in [1.29, 1.82) is 0 Å².